The van der Waals surface area contributed by atoms with Crippen molar-refractivity contribution in [2.45, 2.75) is 6.92 Å². The quantitative estimate of drug-likeness (QED) is 0.490. The van der Waals surface area contributed by atoms with Gasteiger partial charge in [0.05, 0.1) is 6.54 Å². The SMILES string of the molecule is CC(=O)CNc1ccc(C(=N)N)cc1. The lowest BCUT2D eigenvalue weighted by Gasteiger charge is -2.04. The monoisotopic (exact) mass is 191 g/mol. The van der Waals surface area contributed by atoms with E-state index in [9.17, 15) is 4.79 Å². The second-order valence-electron chi connectivity index (χ2n) is 3.05. The average Bonchev–Trinajstić information content (AvgIpc) is 2.15. The molecule has 0 saturated carbocycles. The first-order chi connectivity index (χ1) is 6.59. The Balaban J connectivity index is 2.64. The molecule has 14 heavy (non-hydrogen) atoms. The Morgan fingerprint density at radius 3 is 2.43 bits per heavy atom. The van der Waals surface area contributed by atoms with Gasteiger partial charge in [-0.2, -0.15) is 0 Å². The fourth-order valence-corrected chi connectivity index (χ4v) is 0.994. The Kier molecular flexibility index (Phi) is 3.23. The highest BCUT2D eigenvalue weighted by molar-refractivity contribution is 5.95. The first-order valence-corrected chi connectivity index (χ1v) is 4.27. The van der Waals surface area contributed by atoms with Crippen LogP contribution in [0, 0.1) is 5.41 Å². The van der Waals surface area contributed by atoms with Crippen molar-refractivity contribution in [3.8, 4) is 0 Å². The van der Waals surface area contributed by atoms with Gasteiger partial charge in [0.15, 0.2) is 0 Å². The number of anilines is 1. The molecule has 0 aromatic heterocycles. The lowest BCUT2D eigenvalue weighted by molar-refractivity contribution is -0.115. The van der Waals surface area contributed by atoms with E-state index >= 15 is 0 Å². The molecule has 0 bridgehead atoms. The molecule has 0 fully saturated rings. The van der Waals surface area contributed by atoms with Crippen LogP contribution in [0.1, 0.15) is 12.5 Å². The van der Waals surface area contributed by atoms with E-state index < -0.39 is 0 Å². The lowest BCUT2D eigenvalue weighted by atomic mass is 10.2. The summed E-state index contributed by atoms with van der Waals surface area (Å²) in [6.45, 7) is 1.84. The minimum atomic E-state index is 0.0446. The zero-order valence-electron chi connectivity index (χ0n) is 8.00. The molecule has 0 aliphatic carbocycles. The second kappa shape index (κ2) is 4.41. The van der Waals surface area contributed by atoms with E-state index in [-0.39, 0.29) is 11.6 Å². The smallest absolute Gasteiger partial charge is 0.148 e. The minimum Gasteiger partial charge on any atom is -0.384 e. The van der Waals surface area contributed by atoms with Gasteiger partial charge in [0.25, 0.3) is 0 Å². The normalized spacial score (nSPS) is 9.50. The summed E-state index contributed by atoms with van der Waals surface area (Å²) in [5, 5.41) is 10.1. The van der Waals surface area contributed by atoms with E-state index in [0.717, 1.165) is 5.69 Å². The molecule has 4 heteroatoms. The van der Waals surface area contributed by atoms with Crippen LogP contribution < -0.4 is 11.1 Å². The van der Waals surface area contributed by atoms with Gasteiger partial charge in [-0.15, -0.1) is 0 Å². The predicted molar refractivity (Wildman–Crippen MR) is 56.6 cm³/mol. The van der Waals surface area contributed by atoms with E-state index in [2.05, 4.69) is 5.32 Å². The number of benzene rings is 1. The highest BCUT2D eigenvalue weighted by atomic mass is 16.1. The van der Waals surface area contributed by atoms with Crippen LogP contribution >= 0.6 is 0 Å². The van der Waals surface area contributed by atoms with Crippen LogP contribution in [0.15, 0.2) is 24.3 Å². The fraction of sp³-hybridized carbons (Fsp3) is 0.200. The van der Waals surface area contributed by atoms with Crippen molar-refractivity contribution < 1.29 is 4.79 Å². The number of ketones is 1. The van der Waals surface area contributed by atoms with E-state index in [1.165, 1.54) is 6.92 Å². The molecule has 0 amide bonds. The summed E-state index contributed by atoms with van der Waals surface area (Å²) in [5.41, 5.74) is 6.83. The molecule has 0 saturated heterocycles. The van der Waals surface area contributed by atoms with Crippen LogP contribution in [0.4, 0.5) is 5.69 Å². The average molecular weight is 191 g/mol. The number of rotatable bonds is 4. The maximum atomic E-state index is 10.7. The van der Waals surface area contributed by atoms with Crippen molar-refractivity contribution in [1.29, 1.82) is 5.41 Å². The maximum Gasteiger partial charge on any atom is 0.148 e. The van der Waals surface area contributed by atoms with E-state index in [0.29, 0.717) is 12.1 Å². The van der Waals surface area contributed by atoms with Gasteiger partial charge in [-0.3, -0.25) is 10.2 Å². The van der Waals surface area contributed by atoms with Gasteiger partial charge in [0.1, 0.15) is 11.6 Å². The third-order valence-corrected chi connectivity index (χ3v) is 1.74. The Bertz CT molecular complexity index is 343. The van der Waals surface area contributed by atoms with Crippen LogP contribution in [0.5, 0.6) is 0 Å². The van der Waals surface area contributed by atoms with Crippen molar-refractivity contribution in [3.05, 3.63) is 29.8 Å². The maximum absolute atomic E-state index is 10.7. The first-order valence-electron chi connectivity index (χ1n) is 4.27. The molecule has 1 aromatic carbocycles. The number of amidine groups is 1. The third-order valence-electron chi connectivity index (χ3n) is 1.74. The summed E-state index contributed by atoms with van der Waals surface area (Å²) in [6, 6.07) is 7.06. The molecule has 0 spiro atoms. The molecule has 1 aromatic rings. The fourth-order valence-electron chi connectivity index (χ4n) is 0.994. The van der Waals surface area contributed by atoms with Gasteiger partial charge in [-0.25, -0.2) is 0 Å². The number of carbonyl (C=O) groups is 1. The van der Waals surface area contributed by atoms with Crippen molar-refractivity contribution in [1.82, 2.24) is 0 Å². The van der Waals surface area contributed by atoms with Crippen molar-refractivity contribution >= 4 is 17.3 Å². The van der Waals surface area contributed by atoms with E-state index in [1.54, 1.807) is 24.3 Å². The lowest BCUT2D eigenvalue weighted by Crippen LogP contribution is -2.12. The van der Waals surface area contributed by atoms with Crippen LogP contribution in [0.3, 0.4) is 0 Å². The summed E-state index contributed by atoms with van der Waals surface area (Å²) in [7, 11) is 0. The molecule has 0 heterocycles. The largest absolute Gasteiger partial charge is 0.384 e. The van der Waals surface area contributed by atoms with Gasteiger partial charge in [-0.1, -0.05) is 0 Å². The standard InChI is InChI=1S/C10H13N3O/c1-7(14)6-13-9-4-2-8(3-5-9)10(11)12/h2-5,13H,6H2,1H3,(H3,11,12). The molecular formula is C10H13N3O. The van der Waals surface area contributed by atoms with Gasteiger partial charge < -0.3 is 11.1 Å². The molecule has 0 unspecified atom stereocenters. The molecular weight excluding hydrogens is 178 g/mol. The molecule has 74 valence electrons. The van der Waals surface area contributed by atoms with Crippen LogP contribution in [-0.2, 0) is 4.79 Å². The number of hydrogen-bond donors (Lipinski definition) is 3. The molecule has 0 radical (unpaired) electrons. The number of carbonyl (C=O) groups excluding carboxylic acids is 1. The number of nitrogens with two attached hydrogens (primary N) is 1. The Labute approximate surface area is 82.6 Å². The van der Waals surface area contributed by atoms with Crippen molar-refractivity contribution in [3.63, 3.8) is 0 Å². The van der Waals surface area contributed by atoms with E-state index in [1.807, 2.05) is 0 Å². The van der Waals surface area contributed by atoms with Crippen LogP contribution in [-0.4, -0.2) is 18.2 Å². The number of hydrogen-bond acceptors (Lipinski definition) is 3. The summed E-state index contributed by atoms with van der Waals surface area (Å²) in [5.74, 6) is 0.128. The summed E-state index contributed by atoms with van der Waals surface area (Å²) in [6.07, 6.45) is 0. The van der Waals surface area contributed by atoms with Gasteiger partial charge in [0, 0.05) is 11.3 Å². The molecule has 4 N–H and O–H groups in total. The summed E-state index contributed by atoms with van der Waals surface area (Å²) >= 11 is 0. The Morgan fingerprint density at radius 1 is 1.43 bits per heavy atom. The predicted octanol–water partition coefficient (Wildman–Crippen LogP) is 0.972. The molecule has 0 aliphatic heterocycles. The Hall–Kier alpha value is -1.84. The highest BCUT2D eigenvalue weighted by Crippen LogP contribution is 2.08. The zero-order valence-corrected chi connectivity index (χ0v) is 8.00. The molecule has 1 rings (SSSR count). The molecule has 0 atom stereocenters. The number of nitrogen functional groups attached to an aromatic ring is 1. The minimum absolute atomic E-state index is 0.0446. The first kappa shape index (κ1) is 10.2. The van der Waals surface area contributed by atoms with Gasteiger partial charge in [-0.05, 0) is 31.2 Å². The Morgan fingerprint density at radius 2 is 2.00 bits per heavy atom. The van der Waals surface area contributed by atoms with Gasteiger partial charge >= 0.3 is 0 Å². The zero-order chi connectivity index (χ0) is 10.6. The number of nitrogens with one attached hydrogen (secondary N) is 2. The third kappa shape index (κ3) is 2.90. The topological polar surface area (TPSA) is 79.0 Å². The van der Waals surface area contributed by atoms with Crippen LogP contribution in [0.25, 0.3) is 0 Å². The van der Waals surface area contributed by atoms with E-state index in [4.69, 9.17) is 11.1 Å². The van der Waals surface area contributed by atoms with Crippen molar-refractivity contribution in [2.75, 3.05) is 11.9 Å². The molecule has 0 aliphatic rings. The summed E-state index contributed by atoms with van der Waals surface area (Å²) in [4.78, 5) is 10.7. The summed E-state index contributed by atoms with van der Waals surface area (Å²) < 4.78 is 0. The van der Waals surface area contributed by atoms with Crippen molar-refractivity contribution in [2.24, 2.45) is 5.73 Å². The highest BCUT2D eigenvalue weighted by Gasteiger charge is 1.97. The van der Waals surface area contributed by atoms with Gasteiger partial charge in [0.2, 0.25) is 0 Å². The number of Topliss-reactive ketones (excluding diaryl/α,β-unsaturated/α-hetero) is 1. The molecule has 4 nitrogen and oxygen atoms in total. The van der Waals surface area contributed by atoms with Crippen LogP contribution in [0.2, 0.25) is 0 Å². The second-order valence-corrected chi connectivity index (χ2v) is 3.05.